The summed E-state index contributed by atoms with van der Waals surface area (Å²) < 4.78 is 0. The lowest BCUT2D eigenvalue weighted by molar-refractivity contribution is -0.150. The highest BCUT2D eigenvalue weighted by Crippen LogP contribution is 2.13. The second-order valence-corrected chi connectivity index (χ2v) is 6.61. The fraction of sp³-hybridized carbons (Fsp3) is 0.278. The first-order chi connectivity index (χ1) is 11.9. The molecular formula is C18H20N2O4S. The summed E-state index contributed by atoms with van der Waals surface area (Å²) in [5, 5.41) is 11.1. The van der Waals surface area contributed by atoms with Gasteiger partial charge in [-0.2, -0.15) is 0 Å². The molecule has 0 saturated heterocycles. The first-order valence-corrected chi connectivity index (χ1v) is 8.63. The predicted molar refractivity (Wildman–Crippen MR) is 95.4 cm³/mol. The fourth-order valence-corrected chi connectivity index (χ4v) is 3.03. The Kier molecular flexibility index (Phi) is 6.30. The summed E-state index contributed by atoms with van der Waals surface area (Å²) in [6.07, 6.45) is 0. The Balaban J connectivity index is 2.11. The molecule has 1 heterocycles. The molecule has 1 atom stereocenters. The largest absolute Gasteiger partial charge is 0.480 e. The molecule has 25 heavy (non-hydrogen) atoms. The van der Waals surface area contributed by atoms with Gasteiger partial charge < -0.3 is 14.9 Å². The van der Waals surface area contributed by atoms with E-state index in [4.69, 9.17) is 0 Å². The van der Waals surface area contributed by atoms with E-state index >= 15 is 0 Å². The Morgan fingerprint density at radius 1 is 1.12 bits per heavy atom. The number of carbonyl (C=O) groups excluding carboxylic acids is 2. The average molecular weight is 360 g/mol. The van der Waals surface area contributed by atoms with Crippen molar-refractivity contribution < 1.29 is 19.5 Å². The lowest BCUT2D eigenvalue weighted by Crippen LogP contribution is -2.47. The number of nitrogens with zero attached hydrogens (tertiary/aromatic N) is 2. The lowest BCUT2D eigenvalue weighted by atomic mass is 10.1. The molecule has 1 aromatic carbocycles. The van der Waals surface area contributed by atoms with Crippen LogP contribution in [0.1, 0.15) is 22.2 Å². The monoisotopic (exact) mass is 360 g/mol. The molecule has 0 bridgehead atoms. The Morgan fingerprint density at radius 3 is 2.36 bits per heavy atom. The van der Waals surface area contributed by atoms with Crippen LogP contribution in [0.3, 0.4) is 0 Å². The van der Waals surface area contributed by atoms with Crippen molar-refractivity contribution in [3.8, 4) is 0 Å². The number of carbonyl (C=O) groups is 3. The first kappa shape index (κ1) is 18.7. The Hall–Kier alpha value is -2.67. The van der Waals surface area contributed by atoms with Crippen LogP contribution >= 0.6 is 11.3 Å². The highest BCUT2D eigenvalue weighted by Gasteiger charge is 2.27. The molecule has 0 aliphatic carbocycles. The summed E-state index contributed by atoms with van der Waals surface area (Å²) in [6.45, 7) is 1.46. The van der Waals surface area contributed by atoms with Gasteiger partial charge in [-0.1, -0.05) is 36.4 Å². The van der Waals surface area contributed by atoms with Gasteiger partial charge in [0.25, 0.3) is 5.91 Å². The van der Waals surface area contributed by atoms with Crippen molar-refractivity contribution in [2.45, 2.75) is 19.5 Å². The van der Waals surface area contributed by atoms with Crippen molar-refractivity contribution in [1.29, 1.82) is 0 Å². The Labute approximate surface area is 150 Å². The molecule has 2 amide bonds. The van der Waals surface area contributed by atoms with Gasteiger partial charge in [0.1, 0.15) is 6.04 Å². The zero-order chi connectivity index (χ0) is 18.4. The second kappa shape index (κ2) is 8.43. The van der Waals surface area contributed by atoms with Crippen molar-refractivity contribution in [1.82, 2.24) is 9.80 Å². The molecular weight excluding hydrogens is 340 g/mol. The summed E-state index contributed by atoms with van der Waals surface area (Å²) in [4.78, 5) is 39.4. The number of rotatable bonds is 7. The topological polar surface area (TPSA) is 77.9 Å². The van der Waals surface area contributed by atoms with E-state index in [0.29, 0.717) is 4.88 Å². The number of likely N-dealkylation sites (N-methyl/N-ethyl adjacent to an activating group) is 1. The zero-order valence-electron chi connectivity index (χ0n) is 14.1. The summed E-state index contributed by atoms with van der Waals surface area (Å²) in [5.74, 6) is -1.76. The SMILES string of the molecule is CC(C(=O)O)N(Cc1ccccc1)C(=O)CN(C)C(=O)c1cccs1. The number of hydrogen-bond acceptors (Lipinski definition) is 4. The van der Waals surface area contributed by atoms with Crippen molar-refractivity contribution in [2.75, 3.05) is 13.6 Å². The van der Waals surface area contributed by atoms with Gasteiger partial charge >= 0.3 is 5.97 Å². The van der Waals surface area contributed by atoms with Crippen LogP contribution in [0.2, 0.25) is 0 Å². The standard InChI is InChI=1S/C18H20N2O4S/c1-13(18(23)24)20(11-14-7-4-3-5-8-14)16(21)12-19(2)17(22)15-9-6-10-25-15/h3-10,13H,11-12H2,1-2H3,(H,23,24). The van der Waals surface area contributed by atoms with E-state index < -0.39 is 17.9 Å². The number of benzene rings is 1. The number of aliphatic carboxylic acids is 1. The molecule has 2 aromatic rings. The van der Waals surface area contributed by atoms with E-state index in [2.05, 4.69) is 0 Å². The Morgan fingerprint density at radius 2 is 1.80 bits per heavy atom. The van der Waals surface area contributed by atoms with E-state index in [-0.39, 0.29) is 19.0 Å². The van der Waals surface area contributed by atoms with Gasteiger partial charge in [-0.05, 0) is 23.9 Å². The maximum absolute atomic E-state index is 12.7. The molecule has 6 nitrogen and oxygen atoms in total. The molecule has 0 aliphatic rings. The summed E-state index contributed by atoms with van der Waals surface area (Å²) in [5.41, 5.74) is 0.830. The Bertz CT molecular complexity index is 731. The van der Waals surface area contributed by atoms with Crippen molar-refractivity contribution in [3.05, 3.63) is 58.3 Å². The minimum Gasteiger partial charge on any atom is -0.480 e. The molecule has 0 radical (unpaired) electrons. The number of carboxylic acids is 1. The number of amides is 2. The van der Waals surface area contributed by atoms with E-state index in [9.17, 15) is 19.5 Å². The molecule has 0 spiro atoms. The van der Waals surface area contributed by atoms with Crippen molar-refractivity contribution in [2.24, 2.45) is 0 Å². The van der Waals surface area contributed by atoms with Gasteiger partial charge in [-0.15, -0.1) is 11.3 Å². The van der Waals surface area contributed by atoms with Gasteiger partial charge in [-0.3, -0.25) is 9.59 Å². The molecule has 0 aliphatic heterocycles. The van der Waals surface area contributed by atoms with Crippen LogP contribution < -0.4 is 0 Å². The quantitative estimate of drug-likeness (QED) is 0.822. The lowest BCUT2D eigenvalue weighted by Gasteiger charge is -2.28. The van der Waals surface area contributed by atoms with Crippen LogP contribution in [0.25, 0.3) is 0 Å². The third-order valence-electron chi connectivity index (χ3n) is 3.79. The molecule has 0 saturated carbocycles. The first-order valence-electron chi connectivity index (χ1n) is 7.75. The van der Waals surface area contributed by atoms with Gasteiger partial charge in [0, 0.05) is 13.6 Å². The molecule has 1 N–H and O–H groups in total. The highest BCUT2D eigenvalue weighted by atomic mass is 32.1. The van der Waals surface area contributed by atoms with Crippen LogP contribution in [0.4, 0.5) is 0 Å². The minimum absolute atomic E-state index is 0.175. The van der Waals surface area contributed by atoms with E-state index in [1.165, 1.54) is 35.1 Å². The molecule has 2 rings (SSSR count). The molecule has 7 heteroatoms. The smallest absolute Gasteiger partial charge is 0.326 e. The maximum Gasteiger partial charge on any atom is 0.326 e. The van der Waals surface area contributed by atoms with Crippen LogP contribution in [-0.2, 0) is 16.1 Å². The average Bonchev–Trinajstić information content (AvgIpc) is 3.13. The summed E-state index contributed by atoms with van der Waals surface area (Å²) >= 11 is 1.30. The van der Waals surface area contributed by atoms with Gasteiger partial charge in [0.05, 0.1) is 11.4 Å². The second-order valence-electron chi connectivity index (χ2n) is 5.66. The van der Waals surface area contributed by atoms with Crippen LogP contribution in [0.15, 0.2) is 47.8 Å². The molecule has 0 fully saturated rings. The fourth-order valence-electron chi connectivity index (χ4n) is 2.31. The van der Waals surface area contributed by atoms with E-state index in [0.717, 1.165) is 5.56 Å². The van der Waals surface area contributed by atoms with Crippen molar-refractivity contribution >= 4 is 29.1 Å². The van der Waals surface area contributed by atoms with Gasteiger partial charge in [0.2, 0.25) is 5.91 Å². The zero-order valence-corrected chi connectivity index (χ0v) is 14.9. The number of carboxylic acid groups (broad SMARTS) is 1. The summed E-state index contributed by atoms with van der Waals surface area (Å²) in [7, 11) is 1.53. The predicted octanol–water partition coefficient (Wildman–Crippen LogP) is 2.32. The van der Waals surface area contributed by atoms with E-state index in [1.807, 2.05) is 30.3 Å². The van der Waals surface area contributed by atoms with Crippen molar-refractivity contribution in [3.63, 3.8) is 0 Å². The molecule has 132 valence electrons. The third-order valence-corrected chi connectivity index (χ3v) is 4.65. The van der Waals surface area contributed by atoms with Crippen LogP contribution in [0.5, 0.6) is 0 Å². The normalized spacial score (nSPS) is 11.6. The van der Waals surface area contributed by atoms with Gasteiger partial charge in [0.15, 0.2) is 0 Å². The summed E-state index contributed by atoms with van der Waals surface area (Å²) in [6, 6.07) is 11.6. The number of thiophene rings is 1. The minimum atomic E-state index is -1.09. The van der Waals surface area contributed by atoms with Gasteiger partial charge in [-0.25, -0.2) is 4.79 Å². The molecule has 1 aromatic heterocycles. The number of hydrogen-bond donors (Lipinski definition) is 1. The van der Waals surface area contributed by atoms with Crippen LogP contribution in [0, 0.1) is 0 Å². The highest BCUT2D eigenvalue weighted by molar-refractivity contribution is 7.12. The third kappa shape index (κ3) is 4.90. The van der Waals surface area contributed by atoms with E-state index in [1.54, 1.807) is 17.5 Å². The maximum atomic E-state index is 12.7. The molecule has 1 unspecified atom stereocenters. The van der Waals surface area contributed by atoms with Crippen LogP contribution in [-0.4, -0.2) is 52.3 Å².